The SMILES string of the molecule is CCCc1nc2sc3c(OCC)ncnc3c2c2c1COC(C)(C)C2. The second kappa shape index (κ2) is 6.18. The van der Waals surface area contributed by atoms with Gasteiger partial charge < -0.3 is 9.47 Å². The molecule has 25 heavy (non-hydrogen) atoms. The summed E-state index contributed by atoms with van der Waals surface area (Å²) in [4.78, 5) is 14.9. The fourth-order valence-corrected chi connectivity index (χ4v) is 4.66. The zero-order valence-electron chi connectivity index (χ0n) is 15.2. The Labute approximate surface area is 151 Å². The number of aryl methyl sites for hydroxylation is 1. The van der Waals surface area contributed by atoms with Gasteiger partial charge in [-0.2, -0.15) is 0 Å². The topological polar surface area (TPSA) is 57.1 Å². The van der Waals surface area contributed by atoms with Gasteiger partial charge in [-0.3, -0.25) is 0 Å². The van der Waals surface area contributed by atoms with Crippen molar-refractivity contribution in [3.05, 3.63) is 23.1 Å². The van der Waals surface area contributed by atoms with E-state index in [1.807, 2.05) is 6.92 Å². The molecule has 1 aliphatic rings. The van der Waals surface area contributed by atoms with Gasteiger partial charge in [-0.25, -0.2) is 15.0 Å². The smallest absolute Gasteiger partial charge is 0.234 e. The average Bonchev–Trinajstić information content (AvgIpc) is 2.94. The van der Waals surface area contributed by atoms with E-state index >= 15 is 0 Å². The van der Waals surface area contributed by atoms with Crippen LogP contribution in [0.4, 0.5) is 0 Å². The van der Waals surface area contributed by atoms with Crippen LogP contribution in [0.5, 0.6) is 5.88 Å². The molecule has 0 amide bonds. The molecule has 0 fully saturated rings. The summed E-state index contributed by atoms with van der Waals surface area (Å²) >= 11 is 1.64. The van der Waals surface area contributed by atoms with Gasteiger partial charge >= 0.3 is 0 Å². The van der Waals surface area contributed by atoms with Crippen LogP contribution in [-0.4, -0.2) is 27.2 Å². The Morgan fingerprint density at radius 2 is 2.08 bits per heavy atom. The second-order valence-electron chi connectivity index (χ2n) is 7.06. The van der Waals surface area contributed by atoms with Crippen LogP contribution in [0.2, 0.25) is 0 Å². The summed E-state index contributed by atoms with van der Waals surface area (Å²) in [6, 6.07) is 0. The molecule has 0 saturated carbocycles. The first-order valence-electron chi connectivity index (χ1n) is 8.88. The van der Waals surface area contributed by atoms with Gasteiger partial charge in [0.25, 0.3) is 0 Å². The highest BCUT2D eigenvalue weighted by Crippen LogP contribution is 2.42. The Morgan fingerprint density at radius 3 is 2.84 bits per heavy atom. The molecule has 0 unspecified atom stereocenters. The molecule has 1 aliphatic heterocycles. The highest BCUT2D eigenvalue weighted by molar-refractivity contribution is 7.25. The van der Waals surface area contributed by atoms with Crippen molar-refractivity contribution in [3.8, 4) is 5.88 Å². The van der Waals surface area contributed by atoms with Crippen molar-refractivity contribution in [2.75, 3.05) is 6.61 Å². The molecule has 6 heteroatoms. The third-order valence-corrected chi connectivity index (χ3v) is 5.71. The third-order valence-electron chi connectivity index (χ3n) is 4.65. The summed E-state index contributed by atoms with van der Waals surface area (Å²) < 4.78 is 12.8. The Bertz CT molecular complexity index is 949. The summed E-state index contributed by atoms with van der Waals surface area (Å²) in [5.41, 5.74) is 4.55. The van der Waals surface area contributed by atoms with Crippen molar-refractivity contribution in [1.82, 2.24) is 15.0 Å². The van der Waals surface area contributed by atoms with Gasteiger partial charge in [-0.1, -0.05) is 13.3 Å². The largest absolute Gasteiger partial charge is 0.477 e. The molecule has 0 bridgehead atoms. The van der Waals surface area contributed by atoms with Gasteiger partial charge in [0.2, 0.25) is 5.88 Å². The van der Waals surface area contributed by atoms with E-state index in [-0.39, 0.29) is 5.60 Å². The normalized spacial score (nSPS) is 16.3. The van der Waals surface area contributed by atoms with Gasteiger partial charge in [0, 0.05) is 23.1 Å². The van der Waals surface area contributed by atoms with Crippen LogP contribution in [-0.2, 0) is 24.2 Å². The number of hydrogen-bond acceptors (Lipinski definition) is 6. The molecule has 0 radical (unpaired) electrons. The van der Waals surface area contributed by atoms with Crippen LogP contribution in [0.25, 0.3) is 20.4 Å². The van der Waals surface area contributed by atoms with Crippen molar-refractivity contribution >= 4 is 31.8 Å². The summed E-state index contributed by atoms with van der Waals surface area (Å²) in [5, 5.41) is 1.16. The van der Waals surface area contributed by atoms with Gasteiger partial charge in [0.15, 0.2) is 0 Å². The van der Waals surface area contributed by atoms with E-state index in [0.717, 1.165) is 45.4 Å². The van der Waals surface area contributed by atoms with Gasteiger partial charge in [-0.15, -0.1) is 11.3 Å². The van der Waals surface area contributed by atoms with E-state index < -0.39 is 0 Å². The molecule has 4 rings (SSSR count). The highest BCUT2D eigenvalue weighted by Gasteiger charge is 2.31. The Hall–Kier alpha value is -1.79. The molecule has 5 nitrogen and oxygen atoms in total. The Kier molecular flexibility index (Phi) is 4.12. The lowest BCUT2D eigenvalue weighted by atomic mass is 9.88. The molecule has 132 valence electrons. The minimum absolute atomic E-state index is 0.172. The number of thiophene rings is 1. The van der Waals surface area contributed by atoms with Crippen molar-refractivity contribution in [3.63, 3.8) is 0 Å². The van der Waals surface area contributed by atoms with Crippen molar-refractivity contribution < 1.29 is 9.47 Å². The van der Waals surface area contributed by atoms with Crippen LogP contribution in [0.3, 0.4) is 0 Å². The Morgan fingerprint density at radius 1 is 1.24 bits per heavy atom. The lowest BCUT2D eigenvalue weighted by molar-refractivity contribution is -0.0401. The quantitative estimate of drug-likeness (QED) is 0.691. The van der Waals surface area contributed by atoms with Gasteiger partial charge in [-0.05, 0) is 32.8 Å². The number of fused-ring (bicyclic) bond motifs is 5. The fourth-order valence-electron chi connectivity index (χ4n) is 3.54. The molecule has 3 aromatic heterocycles. The van der Waals surface area contributed by atoms with Crippen LogP contribution >= 0.6 is 11.3 Å². The molecule has 0 aliphatic carbocycles. The predicted octanol–water partition coefficient (Wildman–Crippen LogP) is 4.44. The first kappa shape index (κ1) is 16.7. The van der Waals surface area contributed by atoms with Gasteiger partial charge in [0.1, 0.15) is 15.9 Å². The molecular weight excluding hydrogens is 334 g/mol. The maximum absolute atomic E-state index is 6.08. The maximum atomic E-state index is 6.08. The minimum atomic E-state index is -0.172. The van der Waals surface area contributed by atoms with Crippen LogP contribution in [0.15, 0.2) is 6.33 Å². The summed E-state index contributed by atoms with van der Waals surface area (Å²) in [6.07, 6.45) is 4.51. The monoisotopic (exact) mass is 357 g/mol. The van der Waals surface area contributed by atoms with Crippen LogP contribution < -0.4 is 4.74 Å². The number of rotatable bonds is 4. The lowest BCUT2D eigenvalue weighted by Crippen LogP contribution is -2.32. The van der Waals surface area contributed by atoms with E-state index in [1.54, 1.807) is 17.7 Å². The minimum Gasteiger partial charge on any atom is -0.477 e. The fraction of sp³-hybridized carbons (Fsp3) is 0.526. The molecule has 4 heterocycles. The average molecular weight is 357 g/mol. The van der Waals surface area contributed by atoms with Crippen LogP contribution in [0.1, 0.15) is 50.9 Å². The van der Waals surface area contributed by atoms with E-state index in [9.17, 15) is 0 Å². The zero-order chi connectivity index (χ0) is 17.6. The van der Waals surface area contributed by atoms with Crippen molar-refractivity contribution in [2.24, 2.45) is 0 Å². The Balaban J connectivity index is 2.05. The summed E-state index contributed by atoms with van der Waals surface area (Å²) in [6.45, 7) is 9.68. The van der Waals surface area contributed by atoms with E-state index in [0.29, 0.717) is 19.1 Å². The molecule has 3 aromatic rings. The molecule has 0 saturated heterocycles. The molecule has 0 atom stereocenters. The number of hydrogen-bond donors (Lipinski definition) is 0. The standard InChI is InChI=1S/C19H23N3O2S/c1-5-7-13-12-9-24-19(3,4)8-11(12)14-15-16(25-18(14)22-13)17(23-6-2)21-10-20-15/h10H,5-9H2,1-4H3. The number of aromatic nitrogens is 3. The first-order valence-corrected chi connectivity index (χ1v) is 9.70. The number of pyridine rings is 1. The highest BCUT2D eigenvalue weighted by atomic mass is 32.1. The molecule has 0 aromatic carbocycles. The lowest BCUT2D eigenvalue weighted by Gasteiger charge is -2.33. The summed E-state index contributed by atoms with van der Waals surface area (Å²) in [5.74, 6) is 0.660. The molecule has 0 spiro atoms. The van der Waals surface area contributed by atoms with E-state index in [4.69, 9.17) is 14.5 Å². The van der Waals surface area contributed by atoms with Crippen LogP contribution in [0, 0.1) is 0 Å². The third kappa shape index (κ3) is 2.77. The number of ether oxygens (including phenoxy) is 2. The summed E-state index contributed by atoms with van der Waals surface area (Å²) in [7, 11) is 0. The van der Waals surface area contributed by atoms with Gasteiger partial charge in [0.05, 0.1) is 24.3 Å². The van der Waals surface area contributed by atoms with E-state index in [1.165, 1.54) is 11.1 Å². The number of nitrogens with zero attached hydrogens (tertiary/aromatic N) is 3. The molecule has 0 N–H and O–H groups in total. The molecular formula is C19H23N3O2S. The maximum Gasteiger partial charge on any atom is 0.234 e. The second-order valence-corrected chi connectivity index (χ2v) is 8.06. The van der Waals surface area contributed by atoms with Crippen molar-refractivity contribution in [2.45, 2.75) is 59.2 Å². The van der Waals surface area contributed by atoms with Crippen molar-refractivity contribution in [1.29, 1.82) is 0 Å². The van der Waals surface area contributed by atoms with E-state index in [2.05, 4.69) is 30.7 Å². The predicted molar refractivity (Wildman–Crippen MR) is 100 cm³/mol. The first-order chi connectivity index (χ1) is 12.0. The zero-order valence-corrected chi connectivity index (χ0v) is 16.0.